The van der Waals surface area contributed by atoms with Gasteiger partial charge in [0.2, 0.25) is 0 Å². The van der Waals surface area contributed by atoms with Crippen LogP contribution in [-0.4, -0.2) is 72.4 Å². The molecule has 0 saturated carbocycles. The second kappa shape index (κ2) is 7.57. The van der Waals surface area contributed by atoms with E-state index in [1.807, 2.05) is 11.6 Å². The van der Waals surface area contributed by atoms with Crippen molar-refractivity contribution in [3.63, 3.8) is 0 Å². The molecular weight excluding hydrogens is 310 g/mol. The minimum Gasteiger partial charge on any atom is -0.377 e. The van der Waals surface area contributed by atoms with Crippen LogP contribution in [-0.2, 0) is 16.0 Å². The molecule has 1 spiro atoms. The average Bonchev–Trinajstić information content (AvgIpc) is 3.09. The predicted molar refractivity (Wildman–Crippen MR) is 92.8 cm³/mol. The van der Waals surface area contributed by atoms with E-state index in [0.717, 1.165) is 52.2 Å². The van der Waals surface area contributed by atoms with E-state index in [1.165, 1.54) is 5.01 Å². The van der Waals surface area contributed by atoms with Crippen LogP contribution in [0.15, 0.2) is 11.6 Å². The molecule has 2 aliphatic heterocycles. The first-order chi connectivity index (χ1) is 11.1. The Kier molecular flexibility index (Phi) is 5.69. The maximum atomic E-state index is 6.51. The van der Waals surface area contributed by atoms with Crippen molar-refractivity contribution in [3.05, 3.63) is 16.6 Å². The molecule has 23 heavy (non-hydrogen) atoms. The fourth-order valence-electron chi connectivity index (χ4n) is 3.42. The maximum absolute atomic E-state index is 6.51. The second-order valence-electron chi connectivity index (χ2n) is 7.18. The van der Waals surface area contributed by atoms with Crippen LogP contribution < -0.4 is 0 Å². The topological polar surface area (TPSA) is 37.8 Å². The minimum absolute atomic E-state index is 0.129. The number of rotatable bonds is 5. The zero-order valence-electron chi connectivity index (χ0n) is 14.5. The molecular formula is C17H29N3O2S. The van der Waals surface area contributed by atoms with Crippen LogP contribution in [0.4, 0.5) is 0 Å². The molecule has 0 amide bonds. The molecule has 130 valence electrons. The summed E-state index contributed by atoms with van der Waals surface area (Å²) < 4.78 is 12.4. The number of aromatic nitrogens is 1. The van der Waals surface area contributed by atoms with Crippen LogP contribution in [0.25, 0.3) is 0 Å². The summed E-state index contributed by atoms with van der Waals surface area (Å²) in [5.41, 5.74) is -0.129. The number of hydrogen-bond acceptors (Lipinski definition) is 6. The molecule has 2 fully saturated rings. The molecule has 6 heteroatoms. The lowest BCUT2D eigenvalue weighted by Crippen LogP contribution is -2.45. The van der Waals surface area contributed by atoms with E-state index in [2.05, 4.69) is 35.7 Å². The second-order valence-corrected chi connectivity index (χ2v) is 8.16. The third-order valence-corrected chi connectivity index (χ3v) is 5.75. The lowest BCUT2D eigenvalue weighted by molar-refractivity contribution is -0.0924. The summed E-state index contributed by atoms with van der Waals surface area (Å²) in [6, 6.07) is 0.557. The molecule has 2 saturated heterocycles. The van der Waals surface area contributed by atoms with E-state index >= 15 is 0 Å². The van der Waals surface area contributed by atoms with E-state index in [0.29, 0.717) is 12.1 Å². The molecule has 0 aliphatic carbocycles. The van der Waals surface area contributed by atoms with Crippen molar-refractivity contribution in [3.8, 4) is 0 Å². The third-order valence-electron chi connectivity index (χ3n) is 4.98. The van der Waals surface area contributed by atoms with E-state index in [1.54, 1.807) is 11.3 Å². The maximum Gasteiger partial charge on any atom is 0.107 e. The summed E-state index contributed by atoms with van der Waals surface area (Å²) in [5, 5.41) is 3.22. The Morgan fingerprint density at radius 2 is 2.39 bits per heavy atom. The van der Waals surface area contributed by atoms with Gasteiger partial charge in [0.25, 0.3) is 0 Å². The Morgan fingerprint density at radius 1 is 1.52 bits per heavy atom. The van der Waals surface area contributed by atoms with Crippen LogP contribution in [0, 0.1) is 0 Å². The van der Waals surface area contributed by atoms with Gasteiger partial charge in [-0.15, -0.1) is 11.3 Å². The average molecular weight is 340 g/mol. The number of nitrogens with zero attached hydrogens (tertiary/aromatic N) is 3. The van der Waals surface area contributed by atoms with Crippen LogP contribution in [0.2, 0.25) is 0 Å². The largest absolute Gasteiger partial charge is 0.377 e. The molecule has 0 N–H and O–H groups in total. The molecule has 0 bridgehead atoms. The van der Waals surface area contributed by atoms with Gasteiger partial charge in [-0.2, -0.15) is 0 Å². The summed E-state index contributed by atoms with van der Waals surface area (Å²) in [5.74, 6) is 0. The quantitative estimate of drug-likeness (QED) is 0.822. The van der Waals surface area contributed by atoms with Gasteiger partial charge < -0.3 is 14.4 Å². The summed E-state index contributed by atoms with van der Waals surface area (Å²) in [4.78, 5) is 9.23. The fourth-order valence-corrected chi connectivity index (χ4v) is 4.08. The lowest BCUT2D eigenvalue weighted by atomic mass is 10.00. The monoisotopic (exact) mass is 339 g/mol. The summed E-state index contributed by atoms with van der Waals surface area (Å²) in [6.07, 6.45) is 4.43. The van der Waals surface area contributed by atoms with E-state index in [4.69, 9.17) is 9.47 Å². The van der Waals surface area contributed by atoms with Crippen molar-refractivity contribution in [1.29, 1.82) is 0 Å². The van der Waals surface area contributed by atoms with Gasteiger partial charge in [-0.3, -0.25) is 4.90 Å². The standard InChI is InChI=1S/C17H29N3O2S/c1-14(2)19(3)10-15-4-5-17(22-15)12-20(7-8-21-13-17)11-16-18-6-9-23-16/h6,9,14-15H,4-5,7-8,10-13H2,1-3H3/t15-,17+/m1/s1. The van der Waals surface area contributed by atoms with Crippen LogP contribution in [0.1, 0.15) is 31.7 Å². The van der Waals surface area contributed by atoms with Crippen LogP contribution >= 0.6 is 11.3 Å². The van der Waals surface area contributed by atoms with Gasteiger partial charge in [0.05, 0.1) is 25.9 Å². The Hall–Kier alpha value is -0.530. The highest BCUT2D eigenvalue weighted by molar-refractivity contribution is 7.09. The minimum atomic E-state index is -0.129. The van der Waals surface area contributed by atoms with Gasteiger partial charge in [-0.1, -0.05) is 0 Å². The molecule has 0 radical (unpaired) electrons. The first-order valence-corrected chi connectivity index (χ1v) is 9.51. The van der Waals surface area contributed by atoms with E-state index in [-0.39, 0.29) is 5.60 Å². The molecule has 2 aliphatic rings. The van der Waals surface area contributed by atoms with E-state index in [9.17, 15) is 0 Å². The summed E-state index contributed by atoms with van der Waals surface area (Å²) >= 11 is 1.73. The van der Waals surface area contributed by atoms with Gasteiger partial charge in [0, 0.05) is 37.3 Å². The van der Waals surface area contributed by atoms with Gasteiger partial charge in [-0.25, -0.2) is 4.98 Å². The van der Waals surface area contributed by atoms with Crippen molar-refractivity contribution in [1.82, 2.24) is 14.8 Å². The van der Waals surface area contributed by atoms with Gasteiger partial charge in [0.1, 0.15) is 10.6 Å². The number of thiazole rings is 1. The molecule has 1 aromatic rings. The Balaban J connectivity index is 1.59. The first kappa shape index (κ1) is 17.3. The number of hydrogen-bond donors (Lipinski definition) is 0. The van der Waals surface area contributed by atoms with Gasteiger partial charge in [-0.05, 0) is 33.7 Å². The molecule has 3 heterocycles. The normalized spacial score (nSPS) is 29.7. The predicted octanol–water partition coefficient (Wildman–Crippen LogP) is 2.23. The zero-order valence-corrected chi connectivity index (χ0v) is 15.3. The smallest absolute Gasteiger partial charge is 0.107 e. The van der Waals surface area contributed by atoms with Crippen molar-refractivity contribution >= 4 is 11.3 Å². The van der Waals surface area contributed by atoms with Crippen LogP contribution in [0.5, 0.6) is 0 Å². The van der Waals surface area contributed by atoms with Crippen molar-refractivity contribution in [2.24, 2.45) is 0 Å². The fraction of sp³-hybridized carbons (Fsp3) is 0.824. The van der Waals surface area contributed by atoms with Crippen LogP contribution in [0.3, 0.4) is 0 Å². The summed E-state index contributed by atoms with van der Waals surface area (Å²) in [7, 11) is 2.18. The third kappa shape index (κ3) is 4.51. The highest BCUT2D eigenvalue weighted by atomic mass is 32.1. The molecule has 2 atom stereocenters. The summed E-state index contributed by atoms with van der Waals surface area (Å²) in [6.45, 7) is 9.80. The molecule has 0 unspecified atom stereocenters. The SMILES string of the molecule is CC(C)N(C)C[C@H]1CC[C@]2(COCCN(Cc3nccs3)C2)O1. The molecule has 3 rings (SSSR count). The molecule has 5 nitrogen and oxygen atoms in total. The van der Waals surface area contributed by atoms with Crippen molar-refractivity contribution < 1.29 is 9.47 Å². The molecule has 0 aromatic carbocycles. The number of ether oxygens (including phenoxy) is 2. The van der Waals surface area contributed by atoms with Crippen molar-refractivity contribution in [2.45, 2.75) is 51.0 Å². The molecule has 1 aromatic heterocycles. The van der Waals surface area contributed by atoms with Gasteiger partial charge in [0.15, 0.2) is 0 Å². The Labute approximate surface area is 143 Å². The van der Waals surface area contributed by atoms with Gasteiger partial charge >= 0.3 is 0 Å². The zero-order chi connectivity index (χ0) is 16.3. The Morgan fingerprint density at radius 3 is 3.13 bits per heavy atom. The lowest BCUT2D eigenvalue weighted by Gasteiger charge is -2.32. The first-order valence-electron chi connectivity index (χ1n) is 8.63. The highest BCUT2D eigenvalue weighted by Crippen LogP contribution is 2.34. The highest BCUT2D eigenvalue weighted by Gasteiger charge is 2.43. The Bertz CT molecular complexity index is 482. The number of likely N-dealkylation sites (N-methyl/N-ethyl adjacent to an activating group) is 1. The van der Waals surface area contributed by atoms with E-state index < -0.39 is 0 Å². The van der Waals surface area contributed by atoms with Crippen molar-refractivity contribution in [2.75, 3.05) is 39.9 Å².